The zero-order valence-corrected chi connectivity index (χ0v) is 13.1. The Morgan fingerprint density at radius 3 is 2.71 bits per heavy atom. The highest BCUT2D eigenvalue weighted by Crippen LogP contribution is 2.34. The summed E-state index contributed by atoms with van der Waals surface area (Å²) < 4.78 is 10.7. The third-order valence-corrected chi connectivity index (χ3v) is 4.56. The topological polar surface area (TPSA) is 33.7 Å². The molecule has 4 heteroatoms. The van der Waals surface area contributed by atoms with Gasteiger partial charge in [0, 0.05) is 19.1 Å². The van der Waals surface area contributed by atoms with Gasteiger partial charge in [-0.05, 0) is 56.0 Å². The SMILES string of the molecule is COc1ccc(CN2CCCNC(C3CC3)C2)cc1OC. The summed E-state index contributed by atoms with van der Waals surface area (Å²) in [6.07, 6.45) is 4.04. The van der Waals surface area contributed by atoms with E-state index in [9.17, 15) is 0 Å². The van der Waals surface area contributed by atoms with E-state index in [1.807, 2.05) is 6.07 Å². The molecule has 1 unspecified atom stereocenters. The quantitative estimate of drug-likeness (QED) is 0.902. The van der Waals surface area contributed by atoms with Gasteiger partial charge in [0.1, 0.15) is 0 Å². The number of nitrogens with one attached hydrogen (secondary N) is 1. The molecule has 1 N–H and O–H groups in total. The van der Waals surface area contributed by atoms with Crippen LogP contribution in [0, 0.1) is 5.92 Å². The van der Waals surface area contributed by atoms with Gasteiger partial charge in [-0.2, -0.15) is 0 Å². The Morgan fingerprint density at radius 1 is 1.19 bits per heavy atom. The van der Waals surface area contributed by atoms with E-state index in [-0.39, 0.29) is 0 Å². The highest BCUT2D eigenvalue weighted by atomic mass is 16.5. The van der Waals surface area contributed by atoms with Gasteiger partial charge >= 0.3 is 0 Å². The van der Waals surface area contributed by atoms with Gasteiger partial charge < -0.3 is 14.8 Å². The summed E-state index contributed by atoms with van der Waals surface area (Å²) in [5.41, 5.74) is 1.30. The summed E-state index contributed by atoms with van der Waals surface area (Å²) in [7, 11) is 3.37. The monoisotopic (exact) mass is 290 g/mol. The van der Waals surface area contributed by atoms with Gasteiger partial charge in [-0.3, -0.25) is 4.90 Å². The molecule has 1 atom stereocenters. The van der Waals surface area contributed by atoms with Gasteiger partial charge in [0.2, 0.25) is 0 Å². The van der Waals surface area contributed by atoms with Gasteiger partial charge in [0.05, 0.1) is 14.2 Å². The summed E-state index contributed by atoms with van der Waals surface area (Å²) in [5, 5.41) is 3.71. The Kier molecular flexibility index (Phi) is 4.66. The lowest BCUT2D eigenvalue weighted by Gasteiger charge is -2.24. The minimum atomic E-state index is 0.688. The first-order valence-corrected chi connectivity index (χ1v) is 7.97. The van der Waals surface area contributed by atoms with E-state index in [0.29, 0.717) is 6.04 Å². The van der Waals surface area contributed by atoms with Crippen molar-refractivity contribution in [2.75, 3.05) is 33.9 Å². The van der Waals surface area contributed by atoms with Crippen LogP contribution in [0.4, 0.5) is 0 Å². The third-order valence-electron chi connectivity index (χ3n) is 4.56. The van der Waals surface area contributed by atoms with Crippen LogP contribution < -0.4 is 14.8 Å². The molecule has 116 valence electrons. The zero-order valence-electron chi connectivity index (χ0n) is 13.1. The van der Waals surface area contributed by atoms with Crippen LogP contribution in [0.25, 0.3) is 0 Å². The Hall–Kier alpha value is -1.26. The molecular weight excluding hydrogens is 264 g/mol. The average molecular weight is 290 g/mol. The van der Waals surface area contributed by atoms with E-state index >= 15 is 0 Å². The van der Waals surface area contributed by atoms with Crippen molar-refractivity contribution in [3.8, 4) is 11.5 Å². The second kappa shape index (κ2) is 6.67. The van der Waals surface area contributed by atoms with Gasteiger partial charge in [-0.15, -0.1) is 0 Å². The smallest absolute Gasteiger partial charge is 0.161 e. The van der Waals surface area contributed by atoms with Crippen LogP contribution in [0.3, 0.4) is 0 Å². The molecule has 2 fully saturated rings. The van der Waals surface area contributed by atoms with Crippen LogP contribution >= 0.6 is 0 Å². The standard InChI is InChI=1S/C17H26N2O2/c1-20-16-7-4-13(10-17(16)21-2)11-19-9-3-8-18-15(12-19)14-5-6-14/h4,7,10,14-15,18H,3,5-6,8-9,11-12H2,1-2H3. The molecule has 1 aliphatic heterocycles. The number of hydrogen-bond acceptors (Lipinski definition) is 4. The van der Waals surface area contributed by atoms with Gasteiger partial charge in [0.25, 0.3) is 0 Å². The molecule has 0 aromatic heterocycles. The summed E-state index contributed by atoms with van der Waals surface area (Å²) in [6.45, 7) is 4.48. The zero-order chi connectivity index (χ0) is 14.7. The third kappa shape index (κ3) is 3.69. The predicted octanol–water partition coefficient (Wildman–Crippen LogP) is 2.28. The van der Waals surface area contributed by atoms with Crippen molar-refractivity contribution < 1.29 is 9.47 Å². The fourth-order valence-corrected chi connectivity index (χ4v) is 3.22. The Morgan fingerprint density at radius 2 is 2.00 bits per heavy atom. The normalized spacial score (nSPS) is 23.6. The van der Waals surface area contributed by atoms with E-state index in [2.05, 4.69) is 22.3 Å². The van der Waals surface area contributed by atoms with Crippen LogP contribution in [0.5, 0.6) is 11.5 Å². The molecule has 4 nitrogen and oxygen atoms in total. The molecule has 1 saturated heterocycles. The van der Waals surface area contributed by atoms with Crippen LogP contribution in [0.1, 0.15) is 24.8 Å². The van der Waals surface area contributed by atoms with Crippen molar-refractivity contribution in [1.82, 2.24) is 10.2 Å². The largest absolute Gasteiger partial charge is 0.493 e. The second-order valence-electron chi connectivity index (χ2n) is 6.18. The molecule has 3 rings (SSSR count). The molecule has 2 aliphatic rings. The number of methoxy groups -OCH3 is 2. The number of benzene rings is 1. The minimum Gasteiger partial charge on any atom is -0.493 e. The predicted molar refractivity (Wildman–Crippen MR) is 84.0 cm³/mol. The van der Waals surface area contributed by atoms with Gasteiger partial charge in [-0.1, -0.05) is 6.07 Å². The molecule has 1 aliphatic carbocycles. The van der Waals surface area contributed by atoms with Crippen molar-refractivity contribution in [2.24, 2.45) is 5.92 Å². The molecule has 1 aromatic rings. The van der Waals surface area contributed by atoms with Crippen LogP contribution in [-0.4, -0.2) is 44.8 Å². The van der Waals surface area contributed by atoms with Crippen LogP contribution in [-0.2, 0) is 6.54 Å². The van der Waals surface area contributed by atoms with E-state index < -0.39 is 0 Å². The maximum atomic E-state index is 5.40. The summed E-state index contributed by atoms with van der Waals surface area (Å²) in [5.74, 6) is 2.53. The maximum absolute atomic E-state index is 5.40. The molecule has 21 heavy (non-hydrogen) atoms. The van der Waals surface area contributed by atoms with Crippen LogP contribution in [0.2, 0.25) is 0 Å². The van der Waals surface area contributed by atoms with Crippen molar-refractivity contribution in [3.05, 3.63) is 23.8 Å². The molecule has 0 bridgehead atoms. The molecular formula is C17H26N2O2. The first-order valence-electron chi connectivity index (χ1n) is 7.97. The lowest BCUT2D eigenvalue weighted by molar-refractivity contribution is 0.250. The first-order chi connectivity index (χ1) is 10.3. The molecule has 1 aromatic carbocycles. The van der Waals surface area contributed by atoms with Crippen LogP contribution in [0.15, 0.2) is 18.2 Å². The minimum absolute atomic E-state index is 0.688. The Bertz CT molecular complexity index is 474. The number of nitrogens with zero attached hydrogens (tertiary/aromatic N) is 1. The lowest BCUT2D eigenvalue weighted by atomic mass is 10.1. The highest BCUT2D eigenvalue weighted by molar-refractivity contribution is 5.42. The summed E-state index contributed by atoms with van der Waals surface area (Å²) in [6, 6.07) is 6.94. The molecule has 0 amide bonds. The number of hydrogen-bond donors (Lipinski definition) is 1. The van der Waals surface area contributed by atoms with Gasteiger partial charge in [0.15, 0.2) is 11.5 Å². The maximum Gasteiger partial charge on any atom is 0.161 e. The van der Waals surface area contributed by atoms with E-state index in [0.717, 1.165) is 30.5 Å². The van der Waals surface area contributed by atoms with Crippen molar-refractivity contribution >= 4 is 0 Å². The summed E-state index contributed by atoms with van der Waals surface area (Å²) >= 11 is 0. The average Bonchev–Trinajstić information content (AvgIpc) is 3.34. The summed E-state index contributed by atoms with van der Waals surface area (Å²) in [4.78, 5) is 2.57. The van der Waals surface area contributed by atoms with E-state index in [1.54, 1.807) is 14.2 Å². The molecule has 0 spiro atoms. The Labute approximate surface area is 127 Å². The first kappa shape index (κ1) is 14.7. The molecule has 1 saturated carbocycles. The second-order valence-corrected chi connectivity index (χ2v) is 6.18. The molecule has 0 radical (unpaired) electrons. The highest BCUT2D eigenvalue weighted by Gasteiger charge is 2.33. The fraction of sp³-hybridized carbons (Fsp3) is 0.647. The van der Waals surface area contributed by atoms with E-state index in [4.69, 9.17) is 9.47 Å². The van der Waals surface area contributed by atoms with Crippen molar-refractivity contribution in [3.63, 3.8) is 0 Å². The molecule has 1 heterocycles. The lowest BCUT2D eigenvalue weighted by Crippen LogP contribution is -2.38. The Balaban J connectivity index is 1.66. The van der Waals surface area contributed by atoms with Crippen molar-refractivity contribution in [1.29, 1.82) is 0 Å². The fourth-order valence-electron chi connectivity index (χ4n) is 3.22. The number of ether oxygens (including phenoxy) is 2. The number of rotatable bonds is 5. The van der Waals surface area contributed by atoms with Crippen molar-refractivity contribution in [2.45, 2.75) is 31.8 Å². The van der Waals surface area contributed by atoms with Gasteiger partial charge in [-0.25, -0.2) is 0 Å². The van der Waals surface area contributed by atoms with E-state index in [1.165, 1.54) is 37.9 Å².